The molecule has 1 aliphatic rings. The third-order valence-electron chi connectivity index (χ3n) is 4.37. The van der Waals surface area contributed by atoms with E-state index in [0.717, 1.165) is 9.26 Å². The summed E-state index contributed by atoms with van der Waals surface area (Å²) >= 11 is 2.24. The average molecular weight is 527 g/mol. The number of amides is 3. The van der Waals surface area contributed by atoms with E-state index in [4.69, 9.17) is 0 Å². The number of nitrogens with one attached hydrogen (secondary N) is 5. The van der Waals surface area contributed by atoms with E-state index in [-0.39, 0.29) is 5.70 Å². The molecule has 0 bridgehead atoms. The molecule has 11 nitrogen and oxygen atoms in total. The number of benzene rings is 1. The summed E-state index contributed by atoms with van der Waals surface area (Å²) in [5, 5.41) is 22.4. The van der Waals surface area contributed by atoms with Crippen LogP contribution in [0.2, 0.25) is 0 Å². The van der Waals surface area contributed by atoms with Crippen LogP contribution in [0.25, 0.3) is 11.7 Å². The molecule has 0 spiro atoms. The third-order valence-corrected chi connectivity index (χ3v) is 5.04. The predicted octanol–water partition coefficient (Wildman–Crippen LogP) is 2.72. The topological polar surface area (TPSA) is 141 Å². The first kappa shape index (κ1) is 19.0. The fourth-order valence-corrected chi connectivity index (χ4v) is 3.59. The maximum atomic E-state index is 11.9. The van der Waals surface area contributed by atoms with E-state index in [1.165, 1.54) is 6.08 Å². The minimum Gasteiger partial charge on any atom is -0.340 e. The molecule has 12 heteroatoms. The quantitative estimate of drug-likeness (QED) is 0.153. The number of urea groups is 1. The first-order valence-corrected chi connectivity index (χ1v) is 10.2. The van der Waals surface area contributed by atoms with Crippen molar-refractivity contribution in [3.05, 3.63) is 63.6 Å². The van der Waals surface area contributed by atoms with Crippen molar-refractivity contribution < 1.29 is 9.59 Å². The standard InChI is InChI=1S/C19H14IN9O2/c20-11-2-1-3-12(7-11)23-15-8-16(25-14-4-5-21-28-14)29-17(26-15)10(9-22-29)6-13-18(30)27-19(31)24-13/h1-9H,(H,23,26)(H2,21,25,28)(H2,24,27,30,31)/b13-6-. The van der Waals surface area contributed by atoms with Crippen LogP contribution in [0.3, 0.4) is 0 Å². The van der Waals surface area contributed by atoms with Gasteiger partial charge in [-0.25, -0.2) is 9.78 Å². The number of nitrogens with zero attached hydrogens (tertiary/aromatic N) is 4. The zero-order valence-electron chi connectivity index (χ0n) is 15.7. The third kappa shape index (κ3) is 3.92. The van der Waals surface area contributed by atoms with Crippen LogP contribution in [-0.4, -0.2) is 36.7 Å². The summed E-state index contributed by atoms with van der Waals surface area (Å²) in [6, 6.07) is 10.9. The molecular weight excluding hydrogens is 513 g/mol. The maximum absolute atomic E-state index is 11.9. The Labute approximate surface area is 188 Å². The molecule has 0 atom stereocenters. The van der Waals surface area contributed by atoms with Gasteiger partial charge in [0.25, 0.3) is 5.91 Å². The lowest BCUT2D eigenvalue weighted by molar-refractivity contribution is -0.115. The van der Waals surface area contributed by atoms with E-state index in [2.05, 4.69) is 64.1 Å². The van der Waals surface area contributed by atoms with Gasteiger partial charge in [-0.2, -0.15) is 14.7 Å². The van der Waals surface area contributed by atoms with E-state index in [9.17, 15) is 9.59 Å². The molecule has 1 aromatic carbocycles. The van der Waals surface area contributed by atoms with Gasteiger partial charge in [0.15, 0.2) is 11.5 Å². The molecule has 3 aromatic heterocycles. The number of fused-ring (bicyclic) bond motifs is 1. The van der Waals surface area contributed by atoms with Gasteiger partial charge in [0.1, 0.15) is 17.3 Å². The van der Waals surface area contributed by atoms with Crippen LogP contribution in [0.5, 0.6) is 0 Å². The smallest absolute Gasteiger partial charge is 0.326 e. The van der Waals surface area contributed by atoms with Crippen molar-refractivity contribution in [2.75, 3.05) is 10.6 Å². The second-order valence-corrected chi connectivity index (χ2v) is 7.79. The zero-order valence-corrected chi connectivity index (χ0v) is 17.8. The number of halogens is 1. The van der Waals surface area contributed by atoms with Gasteiger partial charge in [0.2, 0.25) is 0 Å². The average Bonchev–Trinajstić information content (AvgIpc) is 3.44. The van der Waals surface area contributed by atoms with Gasteiger partial charge in [-0.05, 0) is 46.9 Å². The Morgan fingerprint density at radius 3 is 2.71 bits per heavy atom. The van der Waals surface area contributed by atoms with Crippen LogP contribution in [0.1, 0.15) is 5.56 Å². The molecule has 3 amide bonds. The number of carbonyl (C=O) groups is 2. The summed E-state index contributed by atoms with van der Waals surface area (Å²) < 4.78 is 2.67. The fraction of sp³-hybridized carbons (Fsp3) is 0. The van der Waals surface area contributed by atoms with Crippen LogP contribution in [0.15, 0.2) is 54.5 Å². The summed E-state index contributed by atoms with van der Waals surface area (Å²) in [6.07, 6.45) is 4.80. The molecule has 0 radical (unpaired) electrons. The zero-order chi connectivity index (χ0) is 21.4. The molecule has 5 N–H and O–H groups in total. The van der Waals surface area contributed by atoms with E-state index in [1.807, 2.05) is 24.3 Å². The van der Waals surface area contributed by atoms with Crippen LogP contribution in [-0.2, 0) is 4.79 Å². The van der Waals surface area contributed by atoms with Gasteiger partial charge < -0.3 is 16.0 Å². The van der Waals surface area contributed by atoms with Crippen molar-refractivity contribution in [2.45, 2.75) is 0 Å². The molecule has 1 aliphatic heterocycles. The number of imide groups is 1. The van der Waals surface area contributed by atoms with E-state index in [1.54, 1.807) is 29.0 Å². The molecule has 154 valence electrons. The van der Waals surface area contributed by atoms with Gasteiger partial charge in [-0.1, -0.05) is 6.07 Å². The summed E-state index contributed by atoms with van der Waals surface area (Å²) in [6.45, 7) is 0. The minimum absolute atomic E-state index is 0.125. The van der Waals surface area contributed by atoms with Gasteiger partial charge in [0.05, 0.1) is 6.20 Å². The molecule has 1 saturated heterocycles. The molecule has 0 unspecified atom stereocenters. The number of rotatable bonds is 5. The Morgan fingerprint density at radius 1 is 1.06 bits per heavy atom. The van der Waals surface area contributed by atoms with E-state index < -0.39 is 11.9 Å². The highest BCUT2D eigenvalue weighted by atomic mass is 127. The summed E-state index contributed by atoms with van der Waals surface area (Å²) in [7, 11) is 0. The van der Waals surface area contributed by atoms with Gasteiger partial charge in [-0.3, -0.25) is 15.2 Å². The normalized spacial score (nSPS) is 14.7. The number of H-pyrrole nitrogens is 1. The lowest BCUT2D eigenvalue weighted by Gasteiger charge is -2.11. The van der Waals surface area contributed by atoms with Gasteiger partial charge in [-0.15, -0.1) is 0 Å². The lowest BCUT2D eigenvalue weighted by Crippen LogP contribution is -2.22. The number of hydrogen-bond acceptors (Lipinski definition) is 7. The van der Waals surface area contributed by atoms with Crippen LogP contribution in [0.4, 0.5) is 27.9 Å². The highest BCUT2D eigenvalue weighted by Crippen LogP contribution is 2.25. The van der Waals surface area contributed by atoms with Crippen LogP contribution < -0.4 is 21.3 Å². The monoisotopic (exact) mass is 527 g/mol. The summed E-state index contributed by atoms with van der Waals surface area (Å²) in [5.41, 5.74) is 2.04. The first-order valence-electron chi connectivity index (χ1n) is 9.07. The van der Waals surface area contributed by atoms with Crippen LogP contribution in [0, 0.1) is 3.57 Å². The Hall–Kier alpha value is -3.94. The van der Waals surface area contributed by atoms with E-state index in [0.29, 0.717) is 28.7 Å². The SMILES string of the molecule is O=C1NC(=O)/C(=C/c2cnn3c(Nc4cc[nH]n4)cc(Nc4cccc(I)c4)nc23)N1. The van der Waals surface area contributed by atoms with Crippen LogP contribution >= 0.6 is 22.6 Å². The molecule has 0 saturated carbocycles. The molecule has 0 aliphatic carbocycles. The fourth-order valence-electron chi connectivity index (χ4n) is 3.05. The number of aromatic nitrogens is 5. The molecular formula is C19H14IN9O2. The van der Waals surface area contributed by atoms with Crippen molar-refractivity contribution in [1.82, 2.24) is 35.4 Å². The van der Waals surface area contributed by atoms with E-state index >= 15 is 0 Å². The number of anilines is 4. The number of carbonyl (C=O) groups excluding carboxylic acids is 2. The number of hydrogen-bond donors (Lipinski definition) is 5. The Morgan fingerprint density at radius 2 is 1.97 bits per heavy atom. The first-order chi connectivity index (χ1) is 15.0. The molecule has 4 aromatic rings. The second-order valence-electron chi connectivity index (χ2n) is 6.55. The minimum atomic E-state index is -0.567. The molecule has 5 rings (SSSR count). The van der Waals surface area contributed by atoms with Crippen molar-refractivity contribution in [2.24, 2.45) is 0 Å². The largest absolute Gasteiger partial charge is 0.340 e. The van der Waals surface area contributed by atoms with Gasteiger partial charge in [0, 0.05) is 33.2 Å². The Bertz CT molecular complexity index is 1340. The summed E-state index contributed by atoms with van der Waals surface area (Å²) in [4.78, 5) is 28.0. The Kier molecular flexibility index (Phi) is 4.74. The van der Waals surface area contributed by atoms with Gasteiger partial charge >= 0.3 is 6.03 Å². The number of aromatic amines is 1. The molecule has 4 heterocycles. The predicted molar refractivity (Wildman–Crippen MR) is 122 cm³/mol. The van der Waals surface area contributed by atoms with Crippen molar-refractivity contribution in [3.8, 4) is 0 Å². The highest BCUT2D eigenvalue weighted by Gasteiger charge is 2.23. The van der Waals surface area contributed by atoms with Crippen molar-refractivity contribution in [1.29, 1.82) is 0 Å². The van der Waals surface area contributed by atoms with Crippen molar-refractivity contribution in [3.63, 3.8) is 0 Å². The summed E-state index contributed by atoms with van der Waals surface area (Å²) in [5.74, 6) is 1.26. The Balaban J connectivity index is 1.60. The lowest BCUT2D eigenvalue weighted by atomic mass is 10.2. The molecule has 1 fully saturated rings. The maximum Gasteiger partial charge on any atom is 0.326 e. The highest BCUT2D eigenvalue weighted by molar-refractivity contribution is 14.1. The molecule has 31 heavy (non-hydrogen) atoms. The second kappa shape index (κ2) is 7.71. The van der Waals surface area contributed by atoms with Crippen molar-refractivity contribution >= 4 is 69.4 Å².